The maximum Gasteiger partial charge on any atom is 0.340 e. The van der Waals surface area contributed by atoms with Gasteiger partial charge >= 0.3 is 5.97 Å². The highest BCUT2D eigenvalue weighted by Crippen LogP contribution is 2.18. The maximum atomic E-state index is 11.9. The smallest absolute Gasteiger partial charge is 0.340 e. The second kappa shape index (κ2) is 5.34. The third-order valence-corrected chi connectivity index (χ3v) is 2.69. The van der Waals surface area contributed by atoms with Gasteiger partial charge in [0.1, 0.15) is 5.69 Å². The molecule has 0 fully saturated rings. The minimum absolute atomic E-state index is 0.152. The van der Waals surface area contributed by atoms with E-state index in [1.54, 1.807) is 6.07 Å². The molecule has 1 aromatic heterocycles. The lowest BCUT2D eigenvalue weighted by Crippen LogP contribution is -2.07. The molecule has 3 nitrogen and oxygen atoms in total. The summed E-state index contributed by atoms with van der Waals surface area (Å²) < 4.78 is 4.81. The van der Waals surface area contributed by atoms with Crippen molar-refractivity contribution in [2.45, 2.75) is 20.8 Å². The van der Waals surface area contributed by atoms with Gasteiger partial charge in [0.15, 0.2) is 0 Å². The van der Waals surface area contributed by atoms with Crippen LogP contribution in [0.3, 0.4) is 0 Å². The minimum Gasteiger partial charge on any atom is -0.465 e. The molecule has 0 unspecified atom stereocenters. The van der Waals surface area contributed by atoms with Gasteiger partial charge in [-0.2, -0.15) is 0 Å². The molecule has 2 aromatic rings. The lowest BCUT2D eigenvalue weighted by atomic mass is 9.97. The van der Waals surface area contributed by atoms with Crippen molar-refractivity contribution < 1.29 is 9.53 Å². The summed E-state index contributed by atoms with van der Waals surface area (Å²) in [5, 5.41) is 0.897. The van der Waals surface area contributed by atoms with Gasteiger partial charge in [-0.15, -0.1) is 0 Å². The first kappa shape index (κ1) is 14.1. The summed E-state index contributed by atoms with van der Waals surface area (Å²) in [4.78, 5) is 16.3. The van der Waals surface area contributed by atoms with E-state index >= 15 is 0 Å². The minimum atomic E-state index is -0.415. The fourth-order valence-corrected chi connectivity index (χ4v) is 1.72. The first-order chi connectivity index (χ1) is 9.40. The number of carbonyl (C=O) groups is 1. The molecule has 0 aliphatic heterocycles. The lowest BCUT2D eigenvalue weighted by molar-refractivity contribution is 0.0600. The van der Waals surface area contributed by atoms with Gasteiger partial charge in [0, 0.05) is 10.8 Å². The fraction of sp³-hybridized carbons (Fsp3) is 0.294. The van der Waals surface area contributed by atoms with Gasteiger partial charge in [-0.25, -0.2) is 9.78 Å². The van der Waals surface area contributed by atoms with Crippen LogP contribution in [-0.2, 0) is 4.74 Å². The molecule has 0 spiro atoms. The Kier molecular flexibility index (Phi) is 3.76. The Bertz CT molecular complexity index is 715. The Morgan fingerprint density at radius 3 is 2.60 bits per heavy atom. The molecule has 1 aromatic carbocycles. The van der Waals surface area contributed by atoms with Gasteiger partial charge < -0.3 is 4.74 Å². The van der Waals surface area contributed by atoms with Crippen LogP contribution in [0.5, 0.6) is 0 Å². The van der Waals surface area contributed by atoms with Crippen LogP contribution in [0.4, 0.5) is 0 Å². The number of hydrogen-bond donors (Lipinski definition) is 0. The molecular weight excluding hydrogens is 250 g/mol. The monoisotopic (exact) mass is 267 g/mol. The SMILES string of the molecule is COC(=O)c1cc2ccccc2nc1C#CC(C)(C)C. The summed E-state index contributed by atoms with van der Waals surface area (Å²) in [6.45, 7) is 6.04. The quantitative estimate of drug-likeness (QED) is 0.587. The number of nitrogens with zero attached hydrogens (tertiary/aromatic N) is 1. The van der Waals surface area contributed by atoms with E-state index in [0.717, 1.165) is 10.9 Å². The predicted molar refractivity (Wildman–Crippen MR) is 79.4 cm³/mol. The number of ether oxygens (including phenoxy) is 1. The Labute approximate surface area is 119 Å². The summed E-state index contributed by atoms with van der Waals surface area (Å²) >= 11 is 0. The summed E-state index contributed by atoms with van der Waals surface area (Å²) in [7, 11) is 1.36. The molecule has 0 aliphatic carbocycles. The molecule has 0 N–H and O–H groups in total. The third kappa shape index (κ3) is 3.16. The average molecular weight is 267 g/mol. The number of carbonyl (C=O) groups excluding carboxylic acids is 1. The van der Waals surface area contributed by atoms with Crippen LogP contribution < -0.4 is 0 Å². The van der Waals surface area contributed by atoms with Gasteiger partial charge in [0.25, 0.3) is 0 Å². The third-order valence-electron chi connectivity index (χ3n) is 2.69. The number of esters is 1. The summed E-state index contributed by atoms with van der Waals surface area (Å²) in [6, 6.07) is 9.41. The zero-order chi connectivity index (χ0) is 14.8. The van der Waals surface area contributed by atoms with Crippen molar-refractivity contribution in [3.63, 3.8) is 0 Å². The van der Waals surface area contributed by atoms with E-state index in [0.29, 0.717) is 11.3 Å². The van der Waals surface area contributed by atoms with Gasteiger partial charge in [-0.1, -0.05) is 24.1 Å². The van der Waals surface area contributed by atoms with Crippen molar-refractivity contribution in [3.8, 4) is 11.8 Å². The normalized spacial score (nSPS) is 10.8. The van der Waals surface area contributed by atoms with Crippen LogP contribution in [0.25, 0.3) is 10.9 Å². The van der Waals surface area contributed by atoms with Crippen molar-refractivity contribution in [1.82, 2.24) is 4.98 Å². The van der Waals surface area contributed by atoms with Gasteiger partial charge in [0.05, 0.1) is 18.2 Å². The lowest BCUT2D eigenvalue weighted by Gasteiger charge is -2.08. The van der Waals surface area contributed by atoms with E-state index in [9.17, 15) is 4.79 Å². The van der Waals surface area contributed by atoms with Crippen LogP contribution in [0, 0.1) is 17.3 Å². The van der Waals surface area contributed by atoms with Crippen molar-refractivity contribution in [2.75, 3.05) is 7.11 Å². The molecule has 2 rings (SSSR count). The van der Waals surface area contributed by atoms with Crippen LogP contribution in [0.1, 0.15) is 36.8 Å². The first-order valence-electron chi connectivity index (χ1n) is 6.42. The number of aromatic nitrogens is 1. The highest BCUT2D eigenvalue weighted by atomic mass is 16.5. The van der Waals surface area contributed by atoms with Crippen molar-refractivity contribution >= 4 is 16.9 Å². The molecule has 20 heavy (non-hydrogen) atoms. The molecule has 0 amide bonds. The topological polar surface area (TPSA) is 39.2 Å². The average Bonchev–Trinajstić information content (AvgIpc) is 2.42. The molecular formula is C17H17NO2. The van der Waals surface area contributed by atoms with Crippen LogP contribution in [0.15, 0.2) is 30.3 Å². The second-order valence-electron chi connectivity index (χ2n) is 5.57. The Morgan fingerprint density at radius 1 is 1.25 bits per heavy atom. The number of fused-ring (bicyclic) bond motifs is 1. The van der Waals surface area contributed by atoms with Gasteiger partial charge in [0.2, 0.25) is 0 Å². The maximum absolute atomic E-state index is 11.9. The Balaban J connectivity index is 2.65. The molecule has 0 atom stereocenters. The zero-order valence-electron chi connectivity index (χ0n) is 12.2. The van der Waals surface area contributed by atoms with E-state index in [-0.39, 0.29) is 5.41 Å². The molecule has 0 saturated carbocycles. The number of benzene rings is 1. The molecule has 1 heterocycles. The van der Waals surface area contributed by atoms with E-state index in [2.05, 4.69) is 16.8 Å². The number of methoxy groups -OCH3 is 1. The van der Waals surface area contributed by atoms with Gasteiger partial charge in [-0.05, 0) is 38.8 Å². The van der Waals surface area contributed by atoms with Crippen molar-refractivity contribution in [2.24, 2.45) is 5.41 Å². The highest BCUT2D eigenvalue weighted by molar-refractivity contribution is 5.96. The highest BCUT2D eigenvalue weighted by Gasteiger charge is 2.14. The summed E-state index contributed by atoms with van der Waals surface area (Å²) in [5.74, 6) is 5.69. The number of para-hydroxylation sites is 1. The number of hydrogen-bond acceptors (Lipinski definition) is 3. The molecule has 102 valence electrons. The van der Waals surface area contributed by atoms with E-state index < -0.39 is 5.97 Å². The summed E-state index contributed by atoms with van der Waals surface area (Å²) in [6.07, 6.45) is 0. The Hall–Kier alpha value is -2.34. The van der Waals surface area contributed by atoms with Crippen LogP contribution in [0.2, 0.25) is 0 Å². The van der Waals surface area contributed by atoms with E-state index in [1.165, 1.54) is 7.11 Å². The second-order valence-corrected chi connectivity index (χ2v) is 5.57. The number of rotatable bonds is 1. The largest absolute Gasteiger partial charge is 0.465 e. The van der Waals surface area contributed by atoms with Crippen molar-refractivity contribution in [3.05, 3.63) is 41.6 Å². The summed E-state index contributed by atoms with van der Waals surface area (Å²) in [5.41, 5.74) is 1.53. The van der Waals surface area contributed by atoms with Crippen LogP contribution in [-0.4, -0.2) is 18.1 Å². The van der Waals surface area contributed by atoms with Crippen LogP contribution >= 0.6 is 0 Å². The van der Waals surface area contributed by atoms with E-state index in [1.807, 2.05) is 45.0 Å². The van der Waals surface area contributed by atoms with Crippen molar-refractivity contribution in [1.29, 1.82) is 0 Å². The Morgan fingerprint density at radius 2 is 1.95 bits per heavy atom. The molecule has 3 heteroatoms. The molecule has 0 bridgehead atoms. The molecule has 0 aliphatic rings. The van der Waals surface area contributed by atoms with E-state index in [4.69, 9.17) is 4.74 Å². The zero-order valence-corrected chi connectivity index (χ0v) is 12.2. The molecule has 0 saturated heterocycles. The standard InChI is InChI=1S/C17H17NO2/c1-17(2,3)10-9-15-13(16(19)20-4)11-12-7-5-6-8-14(12)18-15/h5-8,11H,1-4H3. The first-order valence-corrected chi connectivity index (χ1v) is 6.42. The number of pyridine rings is 1. The molecule has 0 radical (unpaired) electrons. The van der Waals surface area contributed by atoms with Gasteiger partial charge in [-0.3, -0.25) is 0 Å². The fourth-order valence-electron chi connectivity index (χ4n) is 1.72. The predicted octanol–water partition coefficient (Wildman–Crippen LogP) is 3.42.